The van der Waals surface area contributed by atoms with Gasteiger partial charge in [-0.1, -0.05) is 19.8 Å². The van der Waals surface area contributed by atoms with E-state index in [2.05, 4.69) is 17.1 Å². The third kappa shape index (κ3) is 2.33. The van der Waals surface area contributed by atoms with Crippen molar-refractivity contribution in [2.75, 3.05) is 13.1 Å². The van der Waals surface area contributed by atoms with Crippen LogP contribution in [0.4, 0.5) is 0 Å². The van der Waals surface area contributed by atoms with Crippen LogP contribution in [0.25, 0.3) is 0 Å². The molecule has 2 unspecified atom stereocenters. The smallest absolute Gasteiger partial charge is 0.239 e. The molecule has 3 heteroatoms. The summed E-state index contributed by atoms with van der Waals surface area (Å²) in [6.07, 6.45) is 5.02. The molecule has 1 saturated heterocycles. The van der Waals surface area contributed by atoms with Crippen LogP contribution in [-0.2, 0) is 4.79 Å². The van der Waals surface area contributed by atoms with Gasteiger partial charge in [0, 0.05) is 19.1 Å². The first kappa shape index (κ1) is 10.9. The van der Waals surface area contributed by atoms with E-state index in [0.29, 0.717) is 17.9 Å². The van der Waals surface area contributed by atoms with Crippen LogP contribution in [-0.4, -0.2) is 36.0 Å². The molecule has 1 aliphatic carbocycles. The van der Waals surface area contributed by atoms with Crippen LogP contribution in [0.2, 0.25) is 0 Å². The van der Waals surface area contributed by atoms with Crippen LogP contribution in [0.1, 0.15) is 39.5 Å². The van der Waals surface area contributed by atoms with E-state index in [1.807, 2.05) is 6.92 Å². The summed E-state index contributed by atoms with van der Waals surface area (Å²) in [5, 5.41) is 3.31. The van der Waals surface area contributed by atoms with Crippen LogP contribution in [0.5, 0.6) is 0 Å². The molecule has 2 atom stereocenters. The molecular formula is C12H22N2O. The molecule has 0 bridgehead atoms. The van der Waals surface area contributed by atoms with Crippen LogP contribution in [0, 0.1) is 5.92 Å². The van der Waals surface area contributed by atoms with Crippen molar-refractivity contribution in [3.8, 4) is 0 Å². The lowest BCUT2D eigenvalue weighted by Gasteiger charge is -2.30. The maximum absolute atomic E-state index is 12.1. The second-order valence-corrected chi connectivity index (χ2v) is 5.16. The van der Waals surface area contributed by atoms with Gasteiger partial charge in [-0.2, -0.15) is 0 Å². The fourth-order valence-corrected chi connectivity index (χ4v) is 2.75. The first-order chi connectivity index (χ1) is 7.18. The quantitative estimate of drug-likeness (QED) is 0.709. The van der Waals surface area contributed by atoms with Gasteiger partial charge in [-0.3, -0.25) is 4.79 Å². The number of nitrogens with zero attached hydrogens (tertiary/aromatic N) is 1. The first-order valence-electron chi connectivity index (χ1n) is 6.22. The fourth-order valence-electron chi connectivity index (χ4n) is 2.75. The van der Waals surface area contributed by atoms with Gasteiger partial charge in [0.05, 0.1) is 6.04 Å². The van der Waals surface area contributed by atoms with Crippen molar-refractivity contribution >= 4 is 5.91 Å². The Labute approximate surface area is 92.2 Å². The zero-order valence-electron chi connectivity index (χ0n) is 9.83. The van der Waals surface area contributed by atoms with Gasteiger partial charge in [-0.05, 0) is 25.7 Å². The van der Waals surface area contributed by atoms with Crippen molar-refractivity contribution in [1.29, 1.82) is 0 Å². The lowest BCUT2D eigenvalue weighted by molar-refractivity contribution is -0.134. The van der Waals surface area contributed by atoms with Gasteiger partial charge in [-0.15, -0.1) is 0 Å². The summed E-state index contributed by atoms with van der Waals surface area (Å²) >= 11 is 0. The molecule has 1 saturated carbocycles. The van der Waals surface area contributed by atoms with Crippen molar-refractivity contribution < 1.29 is 4.79 Å². The second-order valence-electron chi connectivity index (χ2n) is 5.16. The average Bonchev–Trinajstić information content (AvgIpc) is 2.70. The molecule has 2 rings (SSSR count). The van der Waals surface area contributed by atoms with Crippen molar-refractivity contribution in [3.63, 3.8) is 0 Å². The lowest BCUT2D eigenvalue weighted by atomic mass is 10.1. The standard InChI is InChI=1S/C12H22N2O/c1-9-7-13-10(2)12(15)14(8-9)11-5-3-4-6-11/h9-11,13H,3-8H2,1-2H3. The summed E-state index contributed by atoms with van der Waals surface area (Å²) in [7, 11) is 0. The number of nitrogens with one attached hydrogen (secondary N) is 1. The highest BCUT2D eigenvalue weighted by Gasteiger charge is 2.32. The summed E-state index contributed by atoms with van der Waals surface area (Å²) in [6.45, 7) is 6.12. The molecule has 1 amide bonds. The number of carbonyl (C=O) groups excluding carboxylic acids is 1. The van der Waals surface area contributed by atoms with E-state index >= 15 is 0 Å². The van der Waals surface area contributed by atoms with Crippen LogP contribution >= 0.6 is 0 Å². The Kier molecular flexibility index (Phi) is 3.29. The Morgan fingerprint density at radius 2 is 1.93 bits per heavy atom. The Morgan fingerprint density at radius 3 is 2.60 bits per heavy atom. The summed E-state index contributed by atoms with van der Waals surface area (Å²) in [6, 6.07) is 0.540. The maximum Gasteiger partial charge on any atom is 0.239 e. The Morgan fingerprint density at radius 1 is 1.27 bits per heavy atom. The van der Waals surface area contributed by atoms with E-state index in [9.17, 15) is 4.79 Å². The molecule has 0 aromatic rings. The predicted molar refractivity (Wildman–Crippen MR) is 60.6 cm³/mol. The van der Waals surface area contributed by atoms with Gasteiger partial charge in [0.1, 0.15) is 0 Å². The third-order valence-electron chi connectivity index (χ3n) is 3.70. The monoisotopic (exact) mass is 210 g/mol. The van der Waals surface area contributed by atoms with E-state index in [4.69, 9.17) is 0 Å². The topological polar surface area (TPSA) is 32.3 Å². The van der Waals surface area contributed by atoms with Crippen molar-refractivity contribution in [2.45, 2.75) is 51.6 Å². The number of amides is 1. The molecule has 2 fully saturated rings. The molecular weight excluding hydrogens is 188 g/mol. The van der Waals surface area contributed by atoms with Gasteiger partial charge in [-0.25, -0.2) is 0 Å². The lowest BCUT2D eigenvalue weighted by Crippen LogP contribution is -2.46. The summed E-state index contributed by atoms with van der Waals surface area (Å²) < 4.78 is 0. The van der Waals surface area contributed by atoms with E-state index < -0.39 is 0 Å². The fraction of sp³-hybridized carbons (Fsp3) is 0.917. The van der Waals surface area contributed by atoms with E-state index in [1.54, 1.807) is 0 Å². The molecule has 3 nitrogen and oxygen atoms in total. The number of hydrogen-bond acceptors (Lipinski definition) is 2. The molecule has 0 aromatic heterocycles. The minimum absolute atomic E-state index is 0.00977. The Bertz CT molecular complexity index is 236. The van der Waals surface area contributed by atoms with Gasteiger partial charge in [0.25, 0.3) is 0 Å². The summed E-state index contributed by atoms with van der Waals surface area (Å²) in [5.74, 6) is 0.894. The average molecular weight is 210 g/mol. The van der Waals surface area contributed by atoms with Crippen molar-refractivity contribution in [1.82, 2.24) is 10.2 Å². The van der Waals surface area contributed by atoms with Crippen LogP contribution in [0.3, 0.4) is 0 Å². The van der Waals surface area contributed by atoms with E-state index in [1.165, 1.54) is 25.7 Å². The molecule has 2 aliphatic rings. The molecule has 1 heterocycles. The molecule has 15 heavy (non-hydrogen) atoms. The van der Waals surface area contributed by atoms with Crippen LogP contribution in [0.15, 0.2) is 0 Å². The summed E-state index contributed by atoms with van der Waals surface area (Å²) in [4.78, 5) is 14.3. The van der Waals surface area contributed by atoms with E-state index in [0.717, 1.165) is 13.1 Å². The van der Waals surface area contributed by atoms with Gasteiger partial charge in [0.2, 0.25) is 5.91 Å². The Balaban J connectivity index is 2.08. The molecule has 0 radical (unpaired) electrons. The molecule has 86 valence electrons. The Hall–Kier alpha value is -0.570. The predicted octanol–water partition coefficient (Wildman–Crippen LogP) is 1.39. The first-order valence-corrected chi connectivity index (χ1v) is 6.22. The largest absolute Gasteiger partial charge is 0.338 e. The number of carbonyl (C=O) groups is 1. The van der Waals surface area contributed by atoms with Gasteiger partial charge in [0.15, 0.2) is 0 Å². The molecule has 1 aliphatic heterocycles. The molecule has 0 spiro atoms. The zero-order chi connectivity index (χ0) is 10.8. The highest BCUT2D eigenvalue weighted by Crippen LogP contribution is 2.25. The SMILES string of the molecule is CC1CNC(C)C(=O)N(C2CCCC2)C1. The minimum atomic E-state index is 0.00977. The summed E-state index contributed by atoms with van der Waals surface area (Å²) in [5.41, 5.74) is 0. The third-order valence-corrected chi connectivity index (χ3v) is 3.70. The van der Waals surface area contributed by atoms with Crippen molar-refractivity contribution in [2.24, 2.45) is 5.92 Å². The van der Waals surface area contributed by atoms with Gasteiger partial charge < -0.3 is 10.2 Å². The number of rotatable bonds is 1. The highest BCUT2D eigenvalue weighted by molar-refractivity contribution is 5.82. The molecule has 0 aromatic carbocycles. The normalized spacial score (nSPS) is 34.5. The van der Waals surface area contributed by atoms with Crippen molar-refractivity contribution in [3.05, 3.63) is 0 Å². The van der Waals surface area contributed by atoms with Crippen LogP contribution < -0.4 is 5.32 Å². The number of hydrogen-bond donors (Lipinski definition) is 1. The molecule has 1 N–H and O–H groups in total. The van der Waals surface area contributed by atoms with Gasteiger partial charge >= 0.3 is 0 Å². The van der Waals surface area contributed by atoms with E-state index in [-0.39, 0.29) is 6.04 Å². The zero-order valence-corrected chi connectivity index (χ0v) is 9.83. The second kappa shape index (κ2) is 4.52. The minimum Gasteiger partial charge on any atom is -0.338 e. The highest BCUT2D eigenvalue weighted by atomic mass is 16.2. The maximum atomic E-state index is 12.1.